The summed E-state index contributed by atoms with van der Waals surface area (Å²) >= 11 is 0. The van der Waals surface area contributed by atoms with Gasteiger partial charge in [-0.3, -0.25) is 10.3 Å². The Balaban J connectivity index is 1.02. The number of aliphatic hydroxyl groups is 1. The molecule has 3 aromatic carbocycles. The van der Waals surface area contributed by atoms with Gasteiger partial charge in [0.05, 0.1) is 31.9 Å². The van der Waals surface area contributed by atoms with E-state index in [1.807, 2.05) is 43.3 Å². The molecule has 266 valence electrons. The Hall–Kier alpha value is -4.79. The quantitative estimate of drug-likeness (QED) is 0.112. The third-order valence-corrected chi connectivity index (χ3v) is 9.63. The number of amides is 2. The van der Waals surface area contributed by atoms with Gasteiger partial charge in [-0.15, -0.1) is 0 Å². The maximum Gasteiger partial charge on any atom is 0.336 e. The molecule has 0 saturated carbocycles. The summed E-state index contributed by atoms with van der Waals surface area (Å²) in [6, 6.07) is 18.5. The van der Waals surface area contributed by atoms with E-state index in [4.69, 9.17) is 15.3 Å². The van der Waals surface area contributed by atoms with Crippen LogP contribution in [0.3, 0.4) is 0 Å². The Morgan fingerprint density at radius 1 is 1.08 bits per heavy atom. The molecule has 50 heavy (non-hydrogen) atoms. The van der Waals surface area contributed by atoms with Gasteiger partial charge in [-0.05, 0) is 74.4 Å². The number of carbonyl (C=O) groups is 1. The number of nitrogens with one attached hydrogen (secondary N) is 1. The van der Waals surface area contributed by atoms with Gasteiger partial charge in [-0.25, -0.2) is 29.1 Å². The highest BCUT2D eigenvalue weighted by atomic mass is 19.1. The van der Waals surface area contributed by atoms with Crippen LogP contribution in [-0.2, 0) is 16.9 Å². The first-order chi connectivity index (χ1) is 24.2. The van der Waals surface area contributed by atoms with Gasteiger partial charge < -0.3 is 24.4 Å². The zero-order valence-corrected chi connectivity index (χ0v) is 28.3. The molecule has 4 aromatic rings. The van der Waals surface area contributed by atoms with Crippen molar-refractivity contribution in [2.75, 3.05) is 54.1 Å². The second-order valence-electron chi connectivity index (χ2n) is 12.9. The zero-order chi connectivity index (χ0) is 35.3. The van der Waals surface area contributed by atoms with Gasteiger partial charge in [0, 0.05) is 60.8 Å². The summed E-state index contributed by atoms with van der Waals surface area (Å²) < 4.78 is 42.7. The van der Waals surface area contributed by atoms with E-state index < -0.39 is 35.4 Å². The van der Waals surface area contributed by atoms with Crippen LogP contribution >= 0.6 is 0 Å². The van der Waals surface area contributed by atoms with Gasteiger partial charge in [0.2, 0.25) is 0 Å². The van der Waals surface area contributed by atoms with Gasteiger partial charge in [0.15, 0.2) is 0 Å². The number of hydrogen-bond donors (Lipinski definition) is 3. The standard InChI is InChI=1S/C36H44F2N8O4/c1-3-34(25(2)47)46(35(48)42-39)30-7-5-28(6-8-30)43-14-16-44(17-15-43)29-9-11-31(12-10-29)49-20-26-19-36(50-21-26,22-45-24-40-23-41-45)32-13-4-27(37)18-33(32)38/h4-13,18,23-26,34,47H,3,14-17,19-22,39H2,1-2H3,(H,42,48). The molecular weight excluding hydrogens is 646 g/mol. The number of urea groups is 1. The summed E-state index contributed by atoms with van der Waals surface area (Å²) in [5, 5.41) is 14.4. The van der Waals surface area contributed by atoms with Crippen LogP contribution in [0, 0.1) is 17.6 Å². The molecule has 2 saturated heterocycles. The molecule has 0 bridgehead atoms. The topological polar surface area (TPSA) is 134 Å². The molecule has 4 unspecified atom stereocenters. The Bertz CT molecular complexity index is 1700. The van der Waals surface area contributed by atoms with Gasteiger partial charge in [-0.1, -0.05) is 13.0 Å². The summed E-state index contributed by atoms with van der Waals surface area (Å²) in [6.45, 7) is 7.88. The Morgan fingerprint density at radius 3 is 2.30 bits per heavy atom. The van der Waals surface area contributed by atoms with E-state index in [-0.39, 0.29) is 12.5 Å². The number of halogens is 2. The highest BCUT2D eigenvalue weighted by Crippen LogP contribution is 2.42. The monoisotopic (exact) mass is 690 g/mol. The van der Waals surface area contributed by atoms with Crippen LogP contribution in [0.2, 0.25) is 0 Å². The first kappa shape index (κ1) is 35.1. The van der Waals surface area contributed by atoms with E-state index in [2.05, 4.69) is 37.4 Å². The summed E-state index contributed by atoms with van der Waals surface area (Å²) in [5.41, 5.74) is 4.28. The minimum absolute atomic E-state index is 0.0167. The minimum atomic E-state index is -1.02. The zero-order valence-electron chi connectivity index (χ0n) is 28.3. The predicted molar refractivity (Wildman–Crippen MR) is 186 cm³/mol. The molecule has 14 heteroatoms. The Labute approximate surface area is 290 Å². The van der Waals surface area contributed by atoms with Crippen molar-refractivity contribution in [3.63, 3.8) is 0 Å². The summed E-state index contributed by atoms with van der Waals surface area (Å²) in [5.74, 6) is 4.86. The number of nitrogens with zero attached hydrogens (tertiary/aromatic N) is 6. The van der Waals surface area contributed by atoms with Crippen molar-refractivity contribution in [2.24, 2.45) is 11.8 Å². The number of ether oxygens (including phenoxy) is 2. The molecule has 3 heterocycles. The van der Waals surface area contributed by atoms with Crippen LogP contribution in [0.4, 0.5) is 30.6 Å². The molecule has 2 amide bonds. The van der Waals surface area contributed by atoms with Crippen molar-refractivity contribution < 1.29 is 28.2 Å². The lowest BCUT2D eigenvalue weighted by Gasteiger charge is -2.38. The van der Waals surface area contributed by atoms with Crippen molar-refractivity contribution in [1.29, 1.82) is 0 Å². The van der Waals surface area contributed by atoms with E-state index in [0.717, 1.165) is 49.4 Å². The summed E-state index contributed by atoms with van der Waals surface area (Å²) in [4.78, 5) is 22.7. The third-order valence-electron chi connectivity index (χ3n) is 9.63. The van der Waals surface area contributed by atoms with E-state index >= 15 is 0 Å². The van der Waals surface area contributed by atoms with Crippen LogP contribution in [0.5, 0.6) is 5.75 Å². The molecular formula is C36H44F2N8O4. The second kappa shape index (κ2) is 15.4. The third kappa shape index (κ3) is 7.67. The Kier molecular flexibility index (Phi) is 10.8. The highest BCUT2D eigenvalue weighted by molar-refractivity contribution is 5.92. The number of piperazine rings is 1. The molecule has 1 aromatic heterocycles. The number of nitrogens with two attached hydrogens (primary N) is 1. The summed E-state index contributed by atoms with van der Waals surface area (Å²) in [6.07, 6.45) is 3.30. The van der Waals surface area contributed by atoms with Crippen molar-refractivity contribution in [2.45, 2.75) is 51.0 Å². The lowest BCUT2D eigenvalue weighted by molar-refractivity contribution is -0.0206. The smallest absolute Gasteiger partial charge is 0.336 e. The van der Waals surface area contributed by atoms with Gasteiger partial charge >= 0.3 is 6.03 Å². The predicted octanol–water partition coefficient (Wildman–Crippen LogP) is 4.44. The van der Waals surface area contributed by atoms with E-state index in [0.29, 0.717) is 37.3 Å². The molecule has 2 fully saturated rings. The van der Waals surface area contributed by atoms with Crippen LogP contribution < -0.4 is 30.7 Å². The molecule has 4 atom stereocenters. The number of benzene rings is 3. The molecule has 12 nitrogen and oxygen atoms in total. The number of aromatic nitrogens is 3. The first-order valence-electron chi connectivity index (χ1n) is 16.9. The van der Waals surface area contributed by atoms with Gasteiger partial charge in [0.1, 0.15) is 35.6 Å². The van der Waals surface area contributed by atoms with Crippen LogP contribution in [-0.4, -0.2) is 77.4 Å². The fourth-order valence-corrected chi connectivity index (χ4v) is 7.07. The van der Waals surface area contributed by atoms with E-state index in [9.17, 15) is 18.7 Å². The van der Waals surface area contributed by atoms with Crippen LogP contribution in [0.15, 0.2) is 79.4 Å². The number of hydrogen-bond acceptors (Lipinski definition) is 9. The molecule has 0 radical (unpaired) electrons. The maximum atomic E-state index is 15.0. The average molecular weight is 691 g/mol. The number of hydrazine groups is 1. The van der Waals surface area contributed by atoms with Gasteiger partial charge in [0.25, 0.3) is 0 Å². The van der Waals surface area contributed by atoms with Crippen LogP contribution in [0.25, 0.3) is 0 Å². The lowest BCUT2D eigenvalue weighted by Crippen LogP contribution is -2.52. The lowest BCUT2D eigenvalue weighted by atomic mass is 9.87. The highest BCUT2D eigenvalue weighted by Gasteiger charge is 2.44. The van der Waals surface area contributed by atoms with Crippen LogP contribution in [0.1, 0.15) is 32.3 Å². The fourth-order valence-electron chi connectivity index (χ4n) is 7.07. The SMILES string of the molecule is CCC(C(C)O)N(C(=O)NN)c1ccc(N2CCN(c3ccc(OCC4COC(Cn5cncn5)(c5ccc(F)cc5F)C4)cc3)CC2)cc1. The second-order valence-corrected chi connectivity index (χ2v) is 12.9. The molecule has 6 rings (SSSR count). The average Bonchev–Trinajstić information content (AvgIpc) is 3.80. The molecule has 2 aliphatic rings. The number of carbonyl (C=O) groups excluding carboxylic acids is 1. The van der Waals surface area contributed by atoms with Crippen molar-refractivity contribution in [3.05, 3.63) is 96.6 Å². The summed E-state index contributed by atoms with van der Waals surface area (Å²) in [7, 11) is 0. The number of aliphatic hydroxyl groups excluding tert-OH is 1. The maximum absolute atomic E-state index is 15.0. The van der Waals surface area contributed by atoms with Gasteiger partial charge in [-0.2, -0.15) is 5.10 Å². The Morgan fingerprint density at radius 2 is 1.74 bits per heavy atom. The van der Waals surface area contributed by atoms with E-state index in [1.54, 1.807) is 17.9 Å². The minimum Gasteiger partial charge on any atom is -0.493 e. The molecule has 2 aliphatic heterocycles. The van der Waals surface area contributed by atoms with E-state index in [1.165, 1.54) is 23.4 Å². The largest absolute Gasteiger partial charge is 0.493 e. The molecule has 4 N–H and O–H groups in total. The van der Waals surface area contributed by atoms with Crippen molar-refractivity contribution in [3.8, 4) is 5.75 Å². The molecule has 0 spiro atoms. The normalized spacial score (nSPS) is 20.4. The number of anilines is 3. The number of rotatable bonds is 12. The fraction of sp³-hybridized carbons (Fsp3) is 0.417. The van der Waals surface area contributed by atoms with Crippen molar-refractivity contribution >= 4 is 23.1 Å². The first-order valence-corrected chi connectivity index (χ1v) is 16.9. The molecule has 0 aliphatic carbocycles. The van der Waals surface area contributed by atoms with Crippen molar-refractivity contribution in [1.82, 2.24) is 20.2 Å².